The summed E-state index contributed by atoms with van der Waals surface area (Å²) in [4.78, 5) is 14.4. The molecule has 1 N–H and O–H groups in total. The first-order chi connectivity index (χ1) is 14.5. The van der Waals surface area contributed by atoms with E-state index in [9.17, 15) is 4.79 Å². The molecule has 2 aromatic carbocycles. The van der Waals surface area contributed by atoms with Gasteiger partial charge in [0.2, 0.25) is 5.91 Å². The fourth-order valence-corrected chi connectivity index (χ4v) is 3.71. The maximum absolute atomic E-state index is 12.4. The number of benzene rings is 2. The van der Waals surface area contributed by atoms with Crippen LogP contribution in [0.5, 0.6) is 0 Å². The molecule has 0 unspecified atom stereocenters. The predicted molar refractivity (Wildman–Crippen MR) is 125 cm³/mol. The normalized spacial score (nSPS) is 10.6. The molecular formula is C23H27N5OS. The third-order valence-electron chi connectivity index (χ3n) is 4.65. The molecule has 1 heterocycles. The van der Waals surface area contributed by atoms with Crippen molar-refractivity contribution in [2.24, 2.45) is 0 Å². The van der Waals surface area contributed by atoms with E-state index >= 15 is 0 Å². The average molecular weight is 422 g/mol. The molecular weight excluding hydrogens is 394 g/mol. The monoisotopic (exact) mass is 421 g/mol. The van der Waals surface area contributed by atoms with Crippen molar-refractivity contribution in [1.29, 1.82) is 0 Å². The standard InChI is InChI=1S/C23H27N5OS/c1-5-15-28-22(18-9-13-20(14-10-18)27(3)4)25-26-23(28)30-16-21(29)24-19-11-7-17(6-2)8-12-19/h5,7-14H,1,6,15-16H2,2-4H3,(H,24,29). The number of amides is 1. The van der Waals surface area contributed by atoms with Gasteiger partial charge in [-0.25, -0.2) is 0 Å². The second-order valence-corrected chi connectivity index (χ2v) is 7.98. The summed E-state index contributed by atoms with van der Waals surface area (Å²) in [5, 5.41) is 12.3. The summed E-state index contributed by atoms with van der Waals surface area (Å²) in [5.74, 6) is 0.942. The van der Waals surface area contributed by atoms with Crippen molar-refractivity contribution < 1.29 is 4.79 Å². The summed E-state index contributed by atoms with van der Waals surface area (Å²) in [6.07, 6.45) is 2.78. The van der Waals surface area contributed by atoms with Gasteiger partial charge in [-0.2, -0.15) is 0 Å². The Morgan fingerprint density at radius 1 is 1.13 bits per heavy atom. The summed E-state index contributed by atoms with van der Waals surface area (Å²) in [5.41, 5.74) is 4.13. The van der Waals surface area contributed by atoms with E-state index < -0.39 is 0 Å². The van der Waals surface area contributed by atoms with Gasteiger partial charge in [-0.1, -0.05) is 36.9 Å². The molecule has 0 spiro atoms. The number of thioether (sulfide) groups is 1. The number of nitrogens with zero attached hydrogens (tertiary/aromatic N) is 4. The molecule has 30 heavy (non-hydrogen) atoms. The van der Waals surface area contributed by atoms with Gasteiger partial charge in [-0.3, -0.25) is 9.36 Å². The number of hydrogen-bond donors (Lipinski definition) is 1. The lowest BCUT2D eigenvalue weighted by atomic mass is 10.1. The fraction of sp³-hybridized carbons (Fsp3) is 0.261. The summed E-state index contributed by atoms with van der Waals surface area (Å²) in [6.45, 7) is 6.52. The predicted octanol–water partition coefficient (Wildman–Crippen LogP) is 4.49. The highest BCUT2D eigenvalue weighted by Crippen LogP contribution is 2.26. The lowest BCUT2D eigenvalue weighted by molar-refractivity contribution is -0.113. The van der Waals surface area contributed by atoms with Gasteiger partial charge >= 0.3 is 0 Å². The van der Waals surface area contributed by atoms with Crippen LogP contribution in [0.4, 0.5) is 11.4 Å². The number of nitrogens with one attached hydrogen (secondary N) is 1. The molecule has 0 bridgehead atoms. The van der Waals surface area contributed by atoms with E-state index in [0.29, 0.717) is 11.7 Å². The molecule has 0 aliphatic carbocycles. The highest BCUT2D eigenvalue weighted by Gasteiger charge is 2.15. The van der Waals surface area contributed by atoms with E-state index in [1.807, 2.05) is 72.1 Å². The largest absolute Gasteiger partial charge is 0.378 e. The second-order valence-electron chi connectivity index (χ2n) is 7.03. The second kappa shape index (κ2) is 10.1. The van der Waals surface area contributed by atoms with Gasteiger partial charge in [0.25, 0.3) is 0 Å². The van der Waals surface area contributed by atoms with Gasteiger partial charge in [0.1, 0.15) is 0 Å². The first kappa shape index (κ1) is 21.6. The van der Waals surface area contributed by atoms with Crippen LogP contribution < -0.4 is 10.2 Å². The maximum Gasteiger partial charge on any atom is 0.234 e. The van der Waals surface area contributed by atoms with Crippen molar-refractivity contribution in [3.8, 4) is 11.4 Å². The van der Waals surface area contributed by atoms with Gasteiger partial charge in [-0.15, -0.1) is 16.8 Å². The summed E-state index contributed by atoms with van der Waals surface area (Å²) < 4.78 is 1.98. The van der Waals surface area contributed by atoms with E-state index in [4.69, 9.17) is 0 Å². The SMILES string of the molecule is C=CCn1c(SCC(=O)Nc2ccc(CC)cc2)nnc1-c1ccc(N(C)C)cc1. The molecule has 6 nitrogen and oxygen atoms in total. The lowest BCUT2D eigenvalue weighted by Gasteiger charge is -2.13. The molecule has 0 saturated carbocycles. The topological polar surface area (TPSA) is 63.1 Å². The van der Waals surface area contributed by atoms with E-state index in [-0.39, 0.29) is 11.7 Å². The van der Waals surface area contributed by atoms with Crippen LogP contribution in [0.25, 0.3) is 11.4 Å². The Hall–Kier alpha value is -3.06. The Morgan fingerprint density at radius 3 is 2.43 bits per heavy atom. The number of aromatic nitrogens is 3. The molecule has 7 heteroatoms. The van der Waals surface area contributed by atoms with Gasteiger partial charge in [0.05, 0.1) is 5.75 Å². The van der Waals surface area contributed by atoms with Crippen LogP contribution in [0.1, 0.15) is 12.5 Å². The zero-order valence-corrected chi connectivity index (χ0v) is 18.4. The smallest absolute Gasteiger partial charge is 0.234 e. The van der Waals surface area contributed by atoms with E-state index in [0.717, 1.165) is 29.2 Å². The molecule has 0 radical (unpaired) electrons. The zero-order valence-electron chi connectivity index (χ0n) is 17.6. The fourth-order valence-electron chi connectivity index (χ4n) is 2.96. The highest BCUT2D eigenvalue weighted by atomic mass is 32.2. The van der Waals surface area contributed by atoms with Gasteiger partial charge in [0, 0.05) is 37.6 Å². The van der Waals surface area contributed by atoms with Crippen LogP contribution in [0, 0.1) is 0 Å². The number of allylic oxidation sites excluding steroid dienone is 1. The molecule has 1 amide bonds. The Morgan fingerprint density at radius 2 is 1.83 bits per heavy atom. The summed E-state index contributed by atoms with van der Waals surface area (Å²) >= 11 is 1.37. The minimum Gasteiger partial charge on any atom is -0.378 e. The first-order valence-electron chi connectivity index (χ1n) is 9.85. The van der Waals surface area contributed by atoms with Crippen molar-refractivity contribution in [1.82, 2.24) is 14.8 Å². The van der Waals surface area contributed by atoms with E-state index in [1.54, 1.807) is 6.08 Å². The molecule has 3 aromatic rings. The maximum atomic E-state index is 12.4. The summed E-state index contributed by atoms with van der Waals surface area (Å²) in [7, 11) is 4.01. The Bertz CT molecular complexity index is 993. The Balaban J connectivity index is 1.69. The van der Waals surface area contributed by atoms with Crippen molar-refractivity contribution in [2.75, 3.05) is 30.1 Å². The first-order valence-corrected chi connectivity index (χ1v) is 10.8. The highest BCUT2D eigenvalue weighted by molar-refractivity contribution is 7.99. The molecule has 3 rings (SSSR count). The molecule has 156 valence electrons. The van der Waals surface area contributed by atoms with E-state index in [2.05, 4.69) is 29.0 Å². The molecule has 0 aliphatic heterocycles. The number of carbonyl (C=O) groups excluding carboxylic acids is 1. The number of anilines is 2. The Kier molecular flexibility index (Phi) is 7.30. The minimum atomic E-state index is -0.0747. The van der Waals surface area contributed by atoms with Gasteiger partial charge in [0.15, 0.2) is 11.0 Å². The molecule has 0 fully saturated rings. The molecule has 0 atom stereocenters. The van der Waals surface area contributed by atoms with Crippen LogP contribution in [0.3, 0.4) is 0 Å². The third kappa shape index (κ3) is 5.30. The van der Waals surface area contributed by atoms with Crippen LogP contribution in [0.2, 0.25) is 0 Å². The lowest BCUT2D eigenvalue weighted by Crippen LogP contribution is -2.14. The van der Waals surface area contributed by atoms with Gasteiger partial charge < -0.3 is 10.2 Å². The van der Waals surface area contributed by atoms with Crippen molar-refractivity contribution in [2.45, 2.75) is 25.0 Å². The number of rotatable bonds is 9. The molecule has 0 saturated heterocycles. The van der Waals surface area contributed by atoms with Crippen molar-refractivity contribution in [3.05, 3.63) is 66.7 Å². The van der Waals surface area contributed by atoms with Crippen LogP contribution in [-0.4, -0.2) is 40.5 Å². The third-order valence-corrected chi connectivity index (χ3v) is 5.62. The van der Waals surface area contributed by atoms with Crippen molar-refractivity contribution >= 4 is 29.0 Å². The number of carbonyl (C=O) groups is 1. The molecule has 0 aliphatic rings. The van der Waals surface area contributed by atoms with Crippen molar-refractivity contribution in [3.63, 3.8) is 0 Å². The van der Waals surface area contributed by atoms with Crippen LogP contribution >= 0.6 is 11.8 Å². The van der Waals surface area contributed by atoms with E-state index in [1.165, 1.54) is 17.3 Å². The van der Waals surface area contributed by atoms with Crippen LogP contribution in [-0.2, 0) is 17.8 Å². The minimum absolute atomic E-state index is 0.0747. The quantitative estimate of drug-likeness (QED) is 0.407. The van der Waals surface area contributed by atoms with Gasteiger partial charge in [-0.05, 0) is 48.4 Å². The Labute approximate surface area is 182 Å². The summed E-state index contributed by atoms with van der Waals surface area (Å²) in [6, 6.07) is 16.1. The number of aryl methyl sites for hydroxylation is 1. The zero-order chi connectivity index (χ0) is 21.5. The molecule has 1 aromatic heterocycles. The van der Waals surface area contributed by atoms with Crippen LogP contribution in [0.15, 0.2) is 66.3 Å². The average Bonchev–Trinajstić information content (AvgIpc) is 3.15. The number of hydrogen-bond acceptors (Lipinski definition) is 5.